The molecular weight excluding hydrogens is 450 g/mol. The summed E-state index contributed by atoms with van der Waals surface area (Å²) in [7, 11) is 0. The first-order valence-electron chi connectivity index (χ1n) is 11.7. The summed E-state index contributed by atoms with van der Waals surface area (Å²) in [6.07, 6.45) is 4.07. The summed E-state index contributed by atoms with van der Waals surface area (Å²) in [5.74, 6) is 1.86. The maximum atomic E-state index is 6.11. The lowest BCUT2D eigenvalue weighted by Crippen LogP contribution is -2.02. The first kappa shape index (κ1) is 24.7. The van der Waals surface area contributed by atoms with Gasteiger partial charge in [-0.25, -0.2) is 0 Å². The van der Waals surface area contributed by atoms with Gasteiger partial charge in [-0.1, -0.05) is 77.9 Å². The predicted molar refractivity (Wildman–Crippen MR) is 143 cm³/mol. The van der Waals surface area contributed by atoms with Gasteiger partial charge in [0, 0.05) is 11.1 Å². The topological polar surface area (TPSA) is 66.4 Å². The summed E-state index contributed by atoms with van der Waals surface area (Å²) in [6.45, 7) is 10.1. The molecule has 0 bridgehead atoms. The van der Waals surface area contributed by atoms with Gasteiger partial charge in [0.1, 0.15) is 17.2 Å². The van der Waals surface area contributed by atoms with Crippen molar-refractivity contribution in [2.45, 2.75) is 34.6 Å². The van der Waals surface area contributed by atoms with Crippen LogP contribution in [0.5, 0.6) is 35.3 Å². The number of rotatable bonds is 8. The number of ether oxygens (including phenoxy) is 3. The van der Waals surface area contributed by atoms with Crippen molar-refractivity contribution in [3.63, 3.8) is 0 Å². The van der Waals surface area contributed by atoms with Gasteiger partial charge in [0.05, 0.1) is 0 Å². The summed E-state index contributed by atoms with van der Waals surface area (Å²) in [5, 5.41) is 0. The molecular formula is C30H29N3O3. The highest BCUT2D eigenvalue weighted by atomic mass is 16.5. The molecule has 0 radical (unpaired) electrons. The lowest BCUT2D eigenvalue weighted by atomic mass is 10.1. The van der Waals surface area contributed by atoms with E-state index in [0.29, 0.717) is 17.2 Å². The van der Waals surface area contributed by atoms with E-state index in [2.05, 4.69) is 15.0 Å². The molecule has 1 heterocycles. The zero-order valence-electron chi connectivity index (χ0n) is 21.1. The molecule has 0 unspecified atom stereocenters. The van der Waals surface area contributed by atoms with E-state index in [1.807, 2.05) is 120 Å². The first-order valence-corrected chi connectivity index (χ1v) is 11.7. The van der Waals surface area contributed by atoms with Crippen LogP contribution in [0, 0.1) is 6.92 Å². The van der Waals surface area contributed by atoms with Gasteiger partial charge < -0.3 is 14.2 Å². The van der Waals surface area contributed by atoms with Crippen LogP contribution < -0.4 is 14.2 Å². The van der Waals surface area contributed by atoms with E-state index in [4.69, 9.17) is 14.2 Å². The van der Waals surface area contributed by atoms with Gasteiger partial charge >= 0.3 is 18.0 Å². The Bertz CT molecular complexity index is 1340. The quantitative estimate of drug-likeness (QED) is 0.253. The number of benzene rings is 3. The van der Waals surface area contributed by atoms with Crippen LogP contribution in [0.1, 0.15) is 44.4 Å². The van der Waals surface area contributed by atoms with Crippen molar-refractivity contribution in [2.75, 3.05) is 0 Å². The second kappa shape index (κ2) is 11.3. The van der Waals surface area contributed by atoms with E-state index in [1.165, 1.54) is 0 Å². The SMILES string of the molecule is CC(C)=Cc1ccccc1Oc1nc(Oc2ccccc2C)nc(Oc2ccccc2C=C(C)C)n1. The van der Waals surface area contributed by atoms with E-state index < -0.39 is 0 Å². The van der Waals surface area contributed by atoms with Gasteiger partial charge in [0.15, 0.2) is 0 Å². The first-order chi connectivity index (χ1) is 17.4. The number of hydrogen-bond acceptors (Lipinski definition) is 6. The van der Waals surface area contributed by atoms with Gasteiger partial charge in [0.25, 0.3) is 0 Å². The molecule has 6 heteroatoms. The maximum absolute atomic E-state index is 6.11. The van der Waals surface area contributed by atoms with Gasteiger partial charge in [-0.15, -0.1) is 15.0 Å². The highest BCUT2D eigenvalue weighted by Gasteiger charge is 2.15. The molecule has 0 saturated carbocycles. The molecule has 0 N–H and O–H groups in total. The Labute approximate surface area is 212 Å². The third kappa shape index (κ3) is 6.57. The smallest absolute Gasteiger partial charge is 0.331 e. The third-order valence-corrected chi connectivity index (χ3v) is 5.00. The van der Waals surface area contributed by atoms with Crippen LogP contribution in [-0.4, -0.2) is 15.0 Å². The van der Waals surface area contributed by atoms with E-state index >= 15 is 0 Å². The fraction of sp³-hybridized carbons (Fsp3) is 0.167. The second-order valence-electron chi connectivity index (χ2n) is 8.77. The second-order valence-corrected chi connectivity index (χ2v) is 8.77. The minimum atomic E-state index is 0.0675. The molecule has 3 aromatic carbocycles. The van der Waals surface area contributed by atoms with E-state index in [9.17, 15) is 0 Å². The van der Waals surface area contributed by atoms with Crippen molar-refractivity contribution < 1.29 is 14.2 Å². The summed E-state index contributed by atoms with van der Waals surface area (Å²) in [5.41, 5.74) is 5.06. The summed E-state index contributed by atoms with van der Waals surface area (Å²) in [6, 6.07) is 23.2. The number of hydrogen-bond donors (Lipinski definition) is 0. The zero-order valence-corrected chi connectivity index (χ0v) is 21.1. The average molecular weight is 480 g/mol. The molecule has 0 saturated heterocycles. The Balaban J connectivity index is 1.74. The summed E-state index contributed by atoms with van der Waals surface area (Å²) >= 11 is 0. The van der Waals surface area contributed by atoms with Crippen molar-refractivity contribution >= 4 is 12.2 Å². The van der Waals surface area contributed by atoms with Crippen LogP contribution in [0.15, 0.2) is 83.9 Å². The van der Waals surface area contributed by atoms with Crippen LogP contribution >= 0.6 is 0 Å². The molecule has 6 nitrogen and oxygen atoms in total. The minimum Gasteiger partial charge on any atom is -0.424 e. The number of aromatic nitrogens is 3. The molecule has 36 heavy (non-hydrogen) atoms. The van der Waals surface area contributed by atoms with Gasteiger partial charge in [-0.05, 0) is 58.4 Å². The number of allylic oxidation sites excluding steroid dienone is 2. The zero-order chi connectivity index (χ0) is 25.5. The Morgan fingerprint density at radius 3 is 1.31 bits per heavy atom. The van der Waals surface area contributed by atoms with Crippen molar-refractivity contribution in [2.24, 2.45) is 0 Å². The molecule has 0 fully saturated rings. The predicted octanol–water partition coefficient (Wildman–Crippen LogP) is 8.40. The van der Waals surface area contributed by atoms with E-state index in [0.717, 1.165) is 27.8 Å². The van der Waals surface area contributed by atoms with Gasteiger partial charge in [0.2, 0.25) is 0 Å². The molecule has 0 amide bonds. The van der Waals surface area contributed by atoms with Crippen molar-refractivity contribution in [3.8, 4) is 35.3 Å². The summed E-state index contributed by atoms with van der Waals surface area (Å²) < 4.78 is 18.2. The van der Waals surface area contributed by atoms with Crippen molar-refractivity contribution in [1.82, 2.24) is 15.0 Å². The molecule has 4 rings (SSSR count). The maximum Gasteiger partial charge on any atom is 0.331 e. The molecule has 0 aliphatic carbocycles. The van der Waals surface area contributed by atoms with Gasteiger partial charge in [-0.3, -0.25) is 0 Å². The molecule has 0 aliphatic heterocycles. The number of aryl methyl sites for hydroxylation is 1. The monoisotopic (exact) mass is 479 g/mol. The van der Waals surface area contributed by atoms with Gasteiger partial charge in [-0.2, -0.15) is 0 Å². The lowest BCUT2D eigenvalue weighted by Gasteiger charge is -2.12. The van der Waals surface area contributed by atoms with Crippen LogP contribution in [0.2, 0.25) is 0 Å². The van der Waals surface area contributed by atoms with E-state index in [1.54, 1.807) is 0 Å². The van der Waals surface area contributed by atoms with Crippen molar-refractivity contribution in [3.05, 3.63) is 101 Å². The fourth-order valence-electron chi connectivity index (χ4n) is 3.43. The third-order valence-electron chi connectivity index (χ3n) is 5.00. The van der Waals surface area contributed by atoms with Crippen LogP contribution in [0.25, 0.3) is 12.2 Å². The largest absolute Gasteiger partial charge is 0.424 e. The molecule has 0 spiro atoms. The number of para-hydroxylation sites is 3. The molecule has 4 aromatic rings. The van der Waals surface area contributed by atoms with Crippen molar-refractivity contribution in [1.29, 1.82) is 0 Å². The molecule has 0 aliphatic rings. The van der Waals surface area contributed by atoms with Crippen LogP contribution in [0.4, 0.5) is 0 Å². The highest BCUT2D eigenvalue weighted by molar-refractivity contribution is 5.60. The van der Waals surface area contributed by atoms with Crippen LogP contribution in [-0.2, 0) is 0 Å². The molecule has 182 valence electrons. The molecule has 0 atom stereocenters. The lowest BCUT2D eigenvalue weighted by molar-refractivity contribution is 0.361. The summed E-state index contributed by atoms with van der Waals surface area (Å²) in [4.78, 5) is 13.3. The normalized spacial score (nSPS) is 10.4. The Kier molecular flexibility index (Phi) is 7.75. The standard InChI is InChI=1S/C30H29N3O3/c1-20(2)18-23-13-7-10-16-26(23)35-29-31-28(34-25-15-9-6-12-22(25)5)32-30(33-29)36-27-17-11-8-14-24(27)19-21(3)4/h6-19H,1-5H3. The highest BCUT2D eigenvalue weighted by Crippen LogP contribution is 2.31. The molecule has 1 aromatic heterocycles. The average Bonchev–Trinajstić information content (AvgIpc) is 2.82. The Morgan fingerprint density at radius 2 is 0.889 bits per heavy atom. The van der Waals surface area contributed by atoms with E-state index in [-0.39, 0.29) is 18.0 Å². The Morgan fingerprint density at radius 1 is 0.528 bits per heavy atom. The van der Waals surface area contributed by atoms with Crippen LogP contribution in [0.3, 0.4) is 0 Å². The minimum absolute atomic E-state index is 0.0675. The number of nitrogens with zero attached hydrogens (tertiary/aromatic N) is 3. The Hall–Kier alpha value is -4.45. The fourth-order valence-corrected chi connectivity index (χ4v) is 3.43.